The Morgan fingerprint density at radius 2 is 2.18 bits per heavy atom. The lowest BCUT2D eigenvalue weighted by molar-refractivity contribution is -0.124. The van der Waals surface area contributed by atoms with E-state index in [1.54, 1.807) is 6.92 Å². The first-order valence-corrected chi connectivity index (χ1v) is 8.49. The molecule has 122 valence electrons. The van der Waals surface area contributed by atoms with Crippen LogP contribution in [0.15, 0.2) is 23.1 Å². The van der Waals surface area contributed by atoms with E-state index in [2.05, 4.69) is 5.32 Å². The van der Waals surface area contributed by atoms with Crippen LogP contribution in [-0.2, 0) is 14.8 Å². The van der Waals surface area contributed by atoms with Crippen molar-refractivity contribution < 1.29 is 22.3 Å². The minimum atomic E-state index is -4.09. The van der Waals surface area contributed by atoms with Gasteiger partial charge in [-0.2, -0.15) is 4.31 Å². The number of hydrogen-bond acceptors (Lipinski definition) is 4. The normalized spacial score (nSPS) is 20.3. The van der Waals surface area contributed by atoms with Crippen LogP contribution in [-0.4, -0.2) is 44.9 Å². The molecule has 0 aliphatic carbocycles. The minimum absolute atomic E-state index is 0.172. The molecule has 1 heterocycles. The summed E-state index contributed by atoms with van der Waals surface area (Å²) in [6.45, 7) is 2.31. The number of nitrogens with one attached hydrogen (secondary N) is 1. The molecule has 1 aromatic carbocycles. The van der Waals surface area contributed by atoms with Crippen LogP contribution in [0.4, 0.5) is 4.39 Å². The molecule has 1 atom stereocenters. The van der Waals surface area contributed by atoms with Gasteiger partial charge in [-0.25, -0.2) is 12.8 Å². The molecule has 0 saturated carbocycles. The van der Waals surface area contributed by atoms with Crippen LogP contribution in [0.25, 0.3) is 0 Å². The summed E-state index contributed by atoms with van der Waals surface area (Å²) in [6.07, 6.45) is 0.808. The summed E-state index contributed by atoms with van der Waals surface area (Å²) in [6, 6.07) is 2.74. The lowest BCUT2D eigenvalue weighted by Crippen LogP contribution is -2.46. The van der Waals surface area contributed by atoms with Crippen molar-refractivity contribution >= 4 is 15.9 Å². The maximum atomic E-state index is 14.1. The first-order chi connectivity index (χ1) is 10.4. The highest BCUT2D eigenvalue weighted by Gasteiger charge is 2.37. The first-order valence-electron chi connectivity index (χ1n) is 7.05. The molecule has 0 spiro atoms. The Kier molecular flexibility index (Phi) is 5.02. The molecule has 0 radical (unpaired) electrons. The molecule has 1 aliphatic heterocycles. The van der Waals surface area contributed by atoms with E-state index >= 15 is 0 Å². The smallest absolute Gasteiger partial charge is 0.246 e. The Labute approximate surface area is 129 Å². The summed E-state index contributed by atoms with van der Waals surface area (Å²) < 4.78 is 45.6. The van der Waals surface area contributed by atoms with Gasteiger partial charge in [-0.15, -0.1) is 0 Å². The predicted molar refractivity (Wildman–Crippen MR) is 78.5 cm³/mol. The van der Waals surface area contributed by atoms with E-state index in [0.29, 0.717) is 19.4 Å². The second-order valence-corrected chi connectivity index (χ2v) is 6.84. The van der Waals surface area contributed by atoms with Crippen molar-refractivity contribution in [2.45, 2.75) is 30.7 Å². The van der Waals surface area contributed by atoms with Gasteiger partial charge >= 0.3 is 0 Å². The maximum absolute atomic E-state index is 14.1. The van der Waals surface area contributed by atoms with Gasteiger partial charge in [0, 0.05) is 19.2 Å². The number of nitrogens with zero attached hydrogens (tertiary/aromatic N) is 1. The van der Waals surface area contributed by atoms with Gasteiger partial charge in [0.15, 0.2) is 0 Å². The number of carbonyl (C=O) groups is 1. The molecule has 1 fully saturated rings. The summed E-state index contributed by atoms with van der Waals surface area (Å²) in [5.74, 6) is -1.01. The summed E-state index contributed by atoms with van der Waals surface area (Å²) in [7, 11) is -2.72. The molecule has 1 aromatic rings. The third-order valence-electron chi connectivity index (χ3n) is 3.62. The molecule has 1 saturated heterocycles. The fourth-order valence-corrected chi connectivity index (χ4v) is 4.22. The number of hydrogen-bond donors (Lipinski definition) is 1. The number of ether oxygens (including phenoxy) is 1. The van der Waals surface area contributed by atoms with Crippen molar-refractivity contribution in [3.63, 3.8) is 0 Å². The van der Waals surface area contributed by atoms with Gasteiger partial charge in [0.05, 0.1) is 7.11 Å². The Hall–Kier alpha value is -1.67. The average molecular weight is 330 g/mol. The van der Waals surface area contributed by atoms with Crippen molar-refractivity contribution in [3.8, 4) is 5.75 Å². The van der Waals surface area contributed by atoms with E-state index in [9.17, 15) is 17.6 Å². The SMILES string of the molecule is CC[C@@H]1C(=O)NCCCN1S(=O)(=O)c1ccc(OC)cc1F. The van der Waals surface area contributed by atoms with Crippen LogP contribution >= 0.6 is 0 Å². The summed E-state index contributed by atoms with van der Waals surface area (Å²) >= 11 is 0. The zero-order valence-electron chi connectivity index (χ0n) is 12.5. The number of sulfonamides is 1. The van der Waals surface area contributed by atoms with Gasteiger partial charge in [-0.1, -0.05) is 6.92 Å². The maximum Gasteiger partial charge on any atom is 0.246 e. The Morgan fingerprint density at radius 1 is 1.45 bits per heavy atom. The fraction of sp³-hybridized carbons (Fsp3) is 0.500. The molecule has 2 rings (SSSR count). The van der Waals surface area contributed by atoms with Crippen LogP contribution in [0, 0.1) is 5.82 Å². The number of benzene rings is 1. The Bertz CT molecular complexity index is 663. The molecule has 8 heteroatoms. The van der Waals surface area contributed by atoms with Gasteiger partial charge in [0.25, 0.3) is 0 Å². The zero-order chi connectivity index (χ0) is 16.3. The minimum Gasteiger partial charge on any atom is -0.497 e. The highest BCUT2D eigenvalue weighted by atomic mass is 32.2. The monoisotopic (exact) mass is 330 g/mol. The Balaban J connectivity index is 2.45. The van der Waals surface area contributed by atoms with Crippen molar-refractivity contribution in [2.24, 2.45) is 0 Å². The van der Waals surface area contributed by atoms with Crippen molar-refractivity contribution in [1.29, 1.82) is 0 Å². The highest BCUT2D eigenvalue weighted by molar-refractivity contribution is 7.89. The zero-order valence-corrected chi connectivity index (χ0v) is 13.3. The summed E-state index contributed by atoms with van der Waals surface area (Å²) in [5.41, 5.74) is 0. The topological polar surface area (TPSA) is 75.7 Å². The number of halogens is 1. The first kappa shape index (κ1) is 16.7. The van der Waals surface area contributed by atoms with Gasteiger partial charge in [0.1, 0.15) is 22.5 Å². The second kappa shape index (κ2) is 6.62. The van der Waals surface area contributed by atoms with E-state index in [1.807, 2.05) is 0 Å². The number of carbonyl (C=O) groups excluding carboxylic acids is 1. The van der Waals surface area contributed by atoms with Crippen molar-refractivity contribution in [1.82, 2.24) is 9.62 Å². The van der Waals surface area contributed by atoms with Gasteiger partial charge in [-0.05, 0) is 25.0 Å². The number of methoxy groups -OCH3 is 1. The standard InChI is InChI=1S/C14H19FN2O4S/c1-3-12-14(18)16-7-4-8-17(12)22(19,20)13-6-5-10(21-2)9-11(13)15/h5-6,9,12H,3-4,7-8H2,1-2H3,(H,16,18)/t12-/m1/s1. The number of amides is 1. The van der Waals surface area contributed by atoms with Gasteiger partial charge in [-0.3, -0.25) is 4.79 Å². The van der Waals surface area contributed by atoms with E-state index in [0.717, 1.165) is 10.4 Å². The second-order valence-electron chi connectivity index (χ2n) is 4.98. The predicted octanol–water partition coefficient (Wildman–Crippen LogP) is 1.12. The van der Waals surface area contributed by atoms with Crippen molar-refractivity contribution in [3.05, 3.63) is 24.0 Å². The molecule has 6 nitrogen and oxygen atoms in total. The van der Waals surface area contributed by atoms with E-state index in [-0.39, 0.29) is 18.2 Å². The molecule has 0 bridgehead atoms. The van der Waals surface area contributed by atoms with E-state index in [4.69, 9.17) is 4.74 Å². The number of rotatable bonds is 4. The third kappa shape index (κ3) is 3.07. The van der Waals surface area contributed by atoms with Crippen LogP contribution in [0.1, 0.15) is 19.8 Å². The average Bonchev–Trinajstić information content (AvgIpc) is 2.68. The van der Waals surface area contributed by atoms with E-state index < -0.39 is 26.8 Å². The molecule has 0 unspecified atom stereocenters. The molecule has 1 aliphatic rings. The summed E-state index contributed by atoms with van der Waals surface area (Å²) in [5, 5.41) is 2.67. The van der Waals surface area contributed by atoms with Crippen LogP contribution in [0.2, 0.25) is 0 Å². The summed E-state index contributed by atoms with van der Waals surface area (Å²) in [4.78, 5) is 11.5. The largest absolute Gasteiger partial charge is 0.497 e. The molecule has 1 N–H and O–H groups in total. The third-order valence-corrected chi connectivity index (χ3v) is 5.56. The van der Waals surface area contributed by atoms with Gasteiger partial charge < -0.3 is 10.1 Å². The quantitative estimate of drug-likeness (QED) is 0.898. The van der Waals surface area contributed by atoms with Crippen LogP contribution in [0.3, 0.4) is 0 Å². The van der Waals surface area contributed by atoms with Crippen molar-refractivity contribution in [2.75, 3.05) is 20.2 Å². The highest BCUT2D eigenvalue weighted by Crippen LogP contribution is 2.26. The fourth-order valence-electron chi connectivity index (χ4n) is 2.47. The lowest BCUT2D eigenvalue weighted by Gasteiger charge is -2.26. The molecular weight excluding hydrogens is 311 g/mol. The Morgan fingerprint density at radius 3 is 2.77 bits per heavy atom. The molecular formula is C14H19FN2O4S. The van der Waals surface area contributed by atoms with E-state index in [1.165, 1.54) is 19.2 Å². The van der Waals surface area contributed by atoms with Gasteiger partial charge in [0.2, 0.25) is 15.9 Å². The lowest BCUT2D eigenvalue weighted by atomic mass is 10.2. The molecule has 0 aromatic heterocycles. The molecule has 22 heavy (non-hydrogen) atoms. The van der Waals surface area contributed by atoms with Crippen LogP contribution < -0.4 is 10.1 Å². The van der Waals surface area contributed by atoms with Crippen LogP contribution in [0.5, 0.6) is 5.75 Å². The molecule has 1 amide bonds.